The summed E-state index contributed by atoms with van der Waals surface area (Å²) >= 11 is 0. The second-order valence-corrected chi connectivity index (χ2v) is 4.00. The molecule has 0 spiro atoms. The summed E-state index contributed by atoms with van der Waals surface area (Å²) in [6, 6.07) is 4.61. The zero-order valence-electron chi connectivity index (χ0n) is 10.2. The average Bonchev–Trinajstić information content (AvgIpc) is 2.31. The molecule has 1 aromatic carbocycles. The highest BCUT2D eigenvalue weighted by Crippen LogP contribution is 2.18. The van der Waals surface area contributed by atoms with E-state index in [-0.39, 0.29) is 23.3 Å². The lowest BCUT2D eigenvalue weighted by molar-refractivity contribution is 0.0941. The molecule has 0 radical (unpaired) electrons. The molecule has 2 N–H and O–H groups in total. The molecule has 0 saturated heterocycles. The van der Waals surface area contributed by atoms with Crippen LogP contribution in [-0.2, 0) is 0 Å². The number of hydrogen-bond acceptors (Lipinski definition) is 2. The summed E-state index contributed by atoms with van der Waals surface area (Å²) in [5, 5.41) is 12.3. The van der Waals surface area contributed by atoms with E-state index in [1.165, 1.54) is 6.07 Å². The Kier molecular flexibility index (Phi) is 4.59. The number of terminal acetylenes is 1. The minimum Gasteiger partial charge on any atom is -0.507 e. The maximum atomic E-state index is 11.9. The first-order valence-electron chi connectivity index (χ1n) is 5.65. The third-order valence-electron chi connectivity index (χ3n) is 2.48. The van der Waals surface area contributed by atoms with Crippen LogP contribution in [0.2, 0.25) is 0 Å². The highest BCUT2D eigenvalue weighted by molar-refractivity contribution is 5.97. The monoisotopic (exact) mass is 231 g/mol. The van der Waals surface area contributed by atoms with Crippen molar-refractivity contribution < 1.29 is 9.90 Å². The molecule has 17 heavy (non-hydrogen) atoms. The molecule has 0 aliphatic rings. The van der Waals surface area contributed by atoms with Crippen molar-refractivity contribution in [3.05, 3.63) is 29.3 Å². The topological polar surface area (TPSA) is 49.3 Å². The molecule has 1 amide bonds. The highest BCUT2D eigenvalue weighted by atomic mass is 16.3. The van der Waals surface area contributed by atoms with Gasteiger partial charge < -0.3 is 10.4 Å². The fourth-order valence-electron chi connectivity index (χ4n) is 1.55. The molecule has 1 rings (SSSR count). The molecular formula is C14H17NO2. The first-order valence-corrected chi connectivity index (χ1v) is 5.65. The third-order valence-corrected chi connectivity index (χ3v) is 2.48. The van der Waals surface area contributed by atoms with Gasteiger partial charge in [0.05, 0.1) is 11.6 Å². The van der Waals surface area contributed by atoms with E-state index < -0.39 is 0 Å². The fourth-order valence-corrected chi connectivity index (χ4v) is 1.55. The number of carbonyl (C=O) groups is 1. The summed E-state index contributed by atoms with van der Waals surface area (Å²) in [7, 11) is 0. The van der Waals surface area contributed by atoms with Crippen LogP contribution < -0.4 is 5.32 Å². The molecule has 1 unspecified atom stereocenters. The summed E-state index contributed by atoms with van der Waals surface area (Å²) in [5.41, 5.74) is 1.18. The van der Waals surface area contributed by atoms with Gasteiger partial charge in [0.1, 0.15) is 5.75 Å². The van der Waals surface area contributed by atoms with Crippen molar-refractivity contribution in [3.8, 4) is 18.1 Å². The van der Waals surface area contributed by atoms with Crippen molar-refractivity contribution in [3.63, 3.8) is 0 Å². The quantitative estimate of drug-likeness (QED) is 0.781. The molecule has 90 valence electrons. The lowest BCUT2D eigenvalue weighted by Crippen LogP contribution is -2.33. The zero-order chi connectivity index (χ0) is 12.8. The van der Waals surface area contributed by atoms with Gasteiger partial charge in [0.25, 0.3) is 5.91 Å². The number of amides is 1. The summed E-state index contributed by atoms with van der Waals surface area (Å²) in [4.78, 5) is 11.9. The van der Waals surface area contributed by atoms with Gasteiger partial charge in [-0.25, -0.2) is 0 Å². The van der Waals surface area contributed by atoms with Gasteiger partial charge in [-0.3, -0.25) is 4.79 Å². The number of benzene rings is 1. The van der Waals surface area contributed by atoms with Crippen molar-refractivity contribution >= 4 is 5.91 Å². The number of phenolic OH excluding ortho intramolecular Hbond substituents is 1. The number of rotatable bonds is 4. The van der Waals surface area contributed by atoms with Crippen molar-refractivity contribution in [2.75, 3.05) is 0 Å². The Labute approximate surface area is 102 Å². The summed E-state index contributed by atoms with van der Waals surface area (Å²) in [5.74, 6) is 2.17. The predicted molar refractivity (Wildman–Crippen MR) is 67.8 cm³/mol. The Balaban J connectivity index is 2.83. The molecule has 0 aromatic heterocycles. The molecule has 0 fully saturated rings. The van der Waals surface area contributed by atoms with Crippen LogP contribution in [0, 0.1) is 19.3 Å². The Morgan fingerprint density at radius 3 is 2.88 bits per heavy atom. The number of aromatic hydroxyl groups is 1. The number of phenols is 1. The van der Waals surface area contributed by atoms with Gasteiger partial charge >= 0.3 is 0 Å². The molecule has 0 saturated carbocycles. The molecule has 1 aromatic rings. The second kappa shape index (κ2) is 5.95. The van der Waals surface area contributed by atoms with Crippen LogP contribution in [0.15, 0.2) is 18.2 Å². The molecule has 3 heteroatoms. The van der Waals surface area contributed by atoms with Gasteiger partial charge in [0.2, 0.25) is 0 Å². The smallest absolute Gasteiger partial charge is 0.256 e. The highest BCUT2D eigenvalue weighted by Gasteiger charge is 2.14. The molecule has 1 atom stereocenters. The number of hydrogen-bond donors (Lipinski definition) is 2. The predicted octanol–water partition coefficient (Wildman–Crippen LogP) is 2.23. The summed E-state index contributed by atoms with van der Waals surface area (Å²) in [6.45, 7) is 3.86. The van der Waals surface area contributed by atoms with E-state index in [1.807, 2.05) is 13.8 Å². The van der Waals surface area contributed by atoms with Crippen molar-refractivity contribution in [2.24, 2.45) is 0 Å². The number of aryl methyl sites for hydroxylation is 1. The van der Waals surface area contributed by atoms with E-state index in [1.54, 1.807) is 12.1 Å². The van der Waals surface area contributed by atoms with E-state index >= 15 is 0 Å². The van der Waals surface area contributed by atoms with Crippen LogP contribution >= 0.6 is 0 Å². The Morgan fingerprint density at radius 1 is 1.59 bits per heavy atom. The molecule has 0 bridgehead atoms. The van der Waals surface area contributed by atoms with Gasteiger partial charge in [-0.05, 0) is 25.5 Å². The zero-order valence-corrected chi connectivity index (χ0v) is 10.2. The first-order chi connectivity index (χ1) is 8.08. The van der Waals surface area contributed by atoms with Crippen LogP contribution in [0.5, 0.6) is 5.75 Å². The summed E-state index contributed by atoms with van der Waals surface area (Å²) < 4.78 is 0. The van der Waals surface area contributed by atoms with Gasteiger partial charge in [-0.15, -0.1) is 6.42 Å². The van der Waals surface area contributed by atoms with Crippen LogP contribution in [0.3, 0.4) is 0 Å². The average molecular weight is 231 g/mol. The van der Waals surface area contributed by atoms with Crippen LogP contribution in [0.1, 0.15) is 35.7 Å². The Bertz CT molecular complexity index is 446. The van der Waals surface area contributed by atoms with E-state index in [2.05, 4.69) is 11.2 Å². The van der Waals surface area contributed by atoms with Crippen molar-refractivity contribution in [1.29, 1.82) is 0 Å². The van der Waals surface area contributed by atoms with Crippen LogP contribution in [-0.4, -0.2) is 17.1 Å². The minimum atomic E-state index is -0.331. The standard InChI is InChI=1S/C14H17NO2/c1-4-6-11(5-2)15-14(17)12-9-10(3)7-8-13(12)16/h2,7-9,11,16H,4,6H2,1,3H3,(H,15,17). The maximum absolute atomic E-state index is 11.9. The van der Waals surface area contributed by atoms with Gasteiger partial charge in [0, 0.05) is 0 Å². The van der Waals surface area contributed by atoms with E-state index in [0.29, 0.717) is 0 Å². The van der Waals surface area contributed by atoms with E-state index in [0.717, 1.165) is 18.4 Å². The summed E-state index contributed by atoms with van der Waals surface area (Å²) in [6.07, 6.45) is 6.95. The van der Waals surface area contributed by atoms with Gasteiger partial charge in [-0.1, -0.05) is 30.9 Å². The number of nitrogens with one attached hydrogen (secondary N) is 1. The molecule has 0 aliphatic heterocycles. The van der Waals surface area contributed by atoms with E-state index in [4.69, 9.17) is 6.42 Å². The van der Waals surface area contributed by atoms with Gasteiger partial charge in [0.15, 0.2) is 0 Å². The van der Waals surface area contributed by atoms with Crippen molar-refractivity contribution in [1.82, 2.24) is 5.32 Å². The lowest BCUT2D eigenvalue weighted by Gasteiger charge is -2.13. The lowest BCUT2D eigenvalue weighted by atomic mass is 10.1. The largest absolute Gasteiger partial charge is 0.507 e. The molecular weight excluding hydrogens is 214 g/mol. The SMILES string of the molecule is C#CC(CCC)NC(=O)c1cc(C)ccc1O. The van der Waals surface area contributed by atoms with Crippen molar-refractivity contribution in [2.45, 2.75) is 32.7 Å². The van der Waals surface area contributed by atoms with Crippen LogP contribution in [0.25, 0.3) is 0 Å². The van der Waals surface area contributed by atoms with Gasteiger partial charge in [-0.2, -0.15) is 0 Å². The fraction of sp³-hybridized carbons (Fsp3) is 0.357. The Hall–Kier alpha value is -1.95. The molecule has 0 heterocycles. The maximum Gasteiger partial charge on any atom is 0.256 e. The first kappa shape index (κ1) is 13.1. The number of carbonyl (C=O) groups excluding carboxylic acids is 1. The third kappa shape index (κ3) is 3.53. The second-order valence-electron chi connectivity index (χ2n) is 4.00. The Morgan fingerprint density at radius 2 is 2.29 bits per heavy atom. The molecule has 3 nitrogen and oxygen atoms in total. The molecule has 0 aliphatic carbocycles. The minimum absolute atomic E-state index is 0.0274. The normalized spacial score (nSPS) is 11.6. The van der Waals surface area contributed by atoms with Crippen LogP contribution in [0.4, 0.5) is 0 Å². The van der Waals surface area contributed by atoms with E-state index in [9.17, 15) is 9.90 Å².